The Morgan fingerprint density at radius 1 is 0.912 bits per heavy atom. The van der Waals surface area contributed by atoms with E-state index in [1.165, 1.54) is 24.4 Å². The van der Waals surface area contributed by atoms with Gasteiger partial charge in [-0.15, -0.1) is 0 Å². The van der Waals surface area contributed by atoms with Crippen molar-refractivity contribution in [2.75, 3.05) is 22.7 Å². The van der Waals surface area contributed by atoms with Crippen molar-refractivity contribution < 1.29 is 21.6 Å². The number of halogens is 3. The van der Waals surface area contributed by atoms with Crippen molar-refractivity contribution in [3.8, 4) is 0 Å². The fourth-order valence-electron chi connectivity index (χ4n) is 3.99. The van der Waals surface area contributed by atoms with E-state index in [0.29, 0.717) is 31.6 Å². The Hall–Kier alpha value is -3.11. The van der Waals surface area contributed by atoms with Gasteiger partial charge in [0.25, 0.3) is 10.0 Å². The predicted octanol–water partition coefficient (Wildman–Crippen LogP) is 4.74. The Bertz CT molecular complexity index is 1170. The minimum Gasteiger partial charge on any atom is -0.371 e. The molecule has 10 heteroatoms. The second-order valence-electron chi connectivity index (χ2n) is 8.12. The number of sulfonamides is 1. The van der Waals surface area contributed by atoms with Crippen molar-refractivity contribution in [3.63, 3.8) is 0 Å². The SMILES string of the molecule is O=S(=O)(Nc1ccc(N2CCC(N[C@@H](c3ccccn3)C(F)(F)F)CC2)cc1)c1ccccc1. The number of alkyl halides is 3. The van der Waals surface area contributed by atoms with Crippen molar-refractivity contribution in [1.82, 2.24) is 10.3 Å². The van der Waals surface area contributed by atoms with Crippen LogP contribution in [0.25, 0.3) is 0 Å². The van der Waals surface area contributed by atoms with Gasteiger partial charge in [0, 0.05) is 36.7 Å². The number of hydrogen-bond acceptors (Lipinski definition) is 5. The number of pyridine rings is 1. The molecule has 1 aliphatic rings. The molecule has 6 nitrogen and oxygen atoms in total. The molecule has 0 radical (unpaired) electrons. The van der Waals surface area contributed by atoms with Crippen molar-refractivity contribution >= 4 is 21.4 Å². The fraction of sp³-hybridized carbons (Fsp3) is 0.292. The van der Waals surface area contributed by atoms with Crippen LogP contribution in [0.2, 0.25) is 0 Å². The lowest BCUT2D eigenvalue weighted by Gasteiger charge is -2.36. The van der Waals surface area contributed by atoms with Crippen molar-refractivity contribution in [1.29, 1.82) is 0 Å². The standard InChI is InChI=1S/C24H25F3N4O2S/c25-24(26,27)23(22-8-4-5-15-28-22)29-18-13-16-31(17-14-18)20-11-9-19(10-12-20)30-34(32,33)21-6-2-1-3-7-21/h1-12,15,18,23,29-30H,13-14,16-17H2/t23-/m0/s1. The molecule has 1 aliphatic heterocycles. The van der Waals surface area contributed by atoms with Crippen LogP contribution in [0.5, 0.6) is 0 Å². The molecule has 1 saturated heterocycles. The van der Waals surface area contributed by atoms with Gasteiger partial charge in [-0.05, 0) is 61.4 Å². The molecule has 4 rings (SSSR count). The first-order chi connectivity index (χ1) is 16.2. The Morgan fingerprint density at radius 2 is 1.56 bits per heavy atom. The molecule has 2 aromatic carbocycles. The zero-order valence-electron chi connectivity index (χ0n) is 18.2. The molecule has 1 fully saturated rings. The molecule has 1 aromatic heterocycles. The van der Waals surface area contributed by atoms with Crippen LogP contribution in [-0.2, 0) is 10.0 Å². The number of anilines is 2. The van der Waals surface area contributed by atoms with Gasteiger partial charge < -0.3 is 4.90 Å². The van der Waals surface area contributed by atoms with Gasteiger partial charge >= 0.3 is 6.18 Å². The number of aromatic nitrogens is 1. The summed E-state index contributed by atoms with van der Waals surface area (Å²) >= 11 is 0. The van der Waals surface area contributed by atoms with Crippen LogP contribution >= 0.6 is 0 Å². The van der Waals surface area contributed by atoms with Crippen LogP contribution in [0.3, 0.4) is 0 Å². The summed E-state index contributed by atoms with van der Waals surface area (Å²) < 4.78 is 68.3. The van der Waals surface area contributed by atoms with Gasteiger partial charge in [0.15, 0.2) is 0 Å². The van der Waals surface area contributed by atoms with Crippen LogP contribution in [0.15, 0.2) is 83.9 Å². The van der Waals surface area contributed by atoms with Crippen LogP contribution in [0.1, 0.15) is 24.6 Å². The maximum Gasteiger partial charge on any atom is 0.409 e. The summed E-state index contributed by atoms with van der Waals surface area (Å²) in [6.07, 6.45) is -1.99. The molecule has 0 saturated carbocycles. The average molecular weight is 491 g/mol. The second kappa shape index (κ2) is 10.0. The number of hydrogen-bond donors (Lipinski definition) is 2. The third-order valence-electron chi connectivity index (χ3n) is 5.75. The third kappa shape index (κ3) is 5.87. The third-order valence-corrected chi connectivity index (χ3v) is 7.14. The van der Waals surface area contributed by atoms with Crippen LogP contribution in [0, 0.1) is 0 Å². The van der Waals surface area contributed by atoms with Crippen LogP contribution < -0.4 is 14.9 Å². The summed E-state index contributed by atoms with van der Waals surface area (Å²) in [7, 11) is -3.67. The summed E-state index contributed by atoms with van der Waals surface area (Å²) in [5.41, 5.74) is 1.29. The van der Waals surface area contributed by atoms with E-state index in [-0.39, 0.29) is 16.6 Å². The topological polar surface area (TPSA) is 74.3 Å². The quantitative estimate of drug-likeness (QED) is 0.500. The molecular weight excluding hydrogens is 465 g/mol. The van der Waals surface area contributed by atoms with E-state index in [0.717, 1.165) is 5.69 Å². The van der Waals surface area contributed by atoms with Gasteiger partial charge in [-0.3, -0.25) is 15.0 Å². The van der Waals surface area contributed by atoms with Crippen molar-refractivity contribution in [3.05, 3.63) is 84.7 Å². The fourth-order valence-corrected chi connectivity index (χ4v) is 5.07. The molecule has 0 aliphatic carbocycles. The zero-order valence-corrected chi connectivity index (χ0v) is 19.1. The highest BCUT2D eigenvalue weighted by Gasteiger charge is 2.43. The summed E-state index contributed by atoms with van der Waals surface area (Å²) in [5.74, 6) is 0. The molecular formula is C24H25F3N4O2S. The number of nitrogens with zero attached hydrogens (tertiary/aromatic N) is 2. The summed E-state index contributed by atoms with van der Waals surface area (Å²) in [6.45, 7) is 1.17. The Kier molecular flexibility index (Phi) is 7.08. The molecule has 2 N–H and O–H groups in total. The lowest BCUT2D eigenvalue weighted by molar-refractivity contribution is -0.161. The van der Waals surface area contributed by atoms with Gasteiger partial charge in [-0.1, -0.05) is 24.3 Å². The predicted molar refractivity (Wildman–Crippen MR) is 125 cm³/mol. The second-order valence-corrected chi connectivity index (χ2v) is 9.81. The molecule has 3 aromatic rings. The van der Waals surface area contributed by atoms with E-state index >= 15 is 0 Å². The van der Waals surface area contributed by atoms with E-state index < -0.39 is 22.2 Å². The van der Waals surface area contributed by atoms with Crippen molar-refractivity contribution in [2.24, 2.45) is 0 Å². The lowest BCUT2D eigenvalue weighted by Crippen LogP contribution is -2.47. The zero-order chi connectivity index (χ0) is 24.2. The maximum absolute atomic E-state index is 13.6. The first-order valence-corrected chi connectivity index (χ1v) is 12.4. The van der Waals surface area contributed by atoms with Crippen LogP contribution in [0.4, 0.5) is 24.5 Å². The molecule has 2 heterocycles. The monoisotopic (exact) mass is 490 g/mol. The average Bonchev–Trinajstić information content (AvgIpc) is 2.84. The molecule has 0 spiro atoms. The number of rotatable bonds is 7. The first kappa shape index (κ1) is 24.0. The van der Waals surface area contributed by atoms with Gasteiger partial charge in [-0.25, -0.2) is 8.42 Å². The number of benzene rings is 2. The molecule has 0 unspecified atom stereocenters. The number of piperidine rings is 1. The van der Waals surface area contributed by atoms with Crippen LogP contribution in [-0.4, -0.2) is 38.7 Å². The number of nitrogens with one attached hydrogen (secondary N) is 2. The smallest absolute Gasteiger partial charge is 0.371 e. The molecule has 180 valence electrons. The highest BCUT2D eigenvalue weighted by molar-refractivity contribution is 7.92. The lowest BCUT2D eigenvalue weighted by atomic mass is 10.0. The minimum absolute atomic E-state index is 0.0361. The highest BCUT2D eigenvalue weighted by atomic mass is 32.2. The summed E-state index contributed by atoms with van der Waals surface area (Å²) in [6, 6.07) is 17.5. The maximum atomic E-state index is 13.6. The Morgan fingerprint density at radius 3 is 2.15 bits per heavy atom. The van der Waals surface area contributed by atoms with Gasteiger partial charge in [0.1, 0.15) is 6.04 Å². The highest BCUT2D eigenvalue weighted by Crippen LogP contribution is 2.33. The first-order valence-electron chi connectivity index (χ1n) is 10.9. The molecule has 0 amide bonds. The van der Waals surface area contributed by atoms with Crippen molar-refractivity contribution in [2.45, 2.75) is 36.0 Å². The molecule has 1 atom stereocenters. The van der Waals surface area contributed by atoms with E-state index in [1.807, 2.05) is 12.1 Å². The van der Waals surface area contributed by atoms with Gasteiger partial charge in [0.2, 0.25) is 0 Å². The van der Waals surface area contributed by atoms with E-state index in [2.05, 4.69) is 19.9 Å². The van der Waals surface area contributed by atoms with E-state index in [1.54, 1.807) is 42.5 Å². The summed E-state index contributed by atoms with van der Waals surface area (Å²) in [5, 5.41) is 2.74. The Balaban J connectivity index is 1.35. The van der Waals surface area contributed by atoms with E-state index in [9.17, 15) is 21.6 Å². The minimum atomic E-state index is -4.44. The normalized spacial score (nSPS) is 16.3. The largest absolute Gasteiger partial charge is 0.409 e. The van der Waals surface area contributed by atoms with Gasteiger partial charge in [0.05, 0.1) is 10.6 Å². The van der Waals surface area contributed by atoms with Gasteiger partial charge in [-0.2, -0.15) is 13.2 Å². The van der Waals surface area contributed by atoms with E-state index in [4.69, 9.17) is 0 Å². The Labute approximate surface area is 196 Å². The molecule has 0 bridgehead atoms. The summed E-state index contributed by atoms with van der Waals surface area (Å²) in [4.78, 5) is 6.14. The molecule has 34 heavy (non-hydrogen) atoms.